The second-order valence-electron chi connectivity index (χ2n) is 9.33. The Morgan fingerprint density at radius 2 is 1.90 bits per heavy atom. The zero-order valence-corrected chi connectivity index (χ0v) is 25.7. The molecule has 0 radical (unpaired) electrons. The van der Waals surface area contributed by atoms with Gasteiger partial charge in [0.2, 0.25) is 10.9 Å². The molecule has 17 heteroatoms. The van der Waals surface area contributed by atoms with Gasteiger partial charge in [-0.25, -0.2) is 18.9 Å². The molecule has 4 unspecified atom stereocenters. The number of nitrogen functional groups attached to an aromatic ring is 1. The van der Waals surface area contributed by atoms with E-state index in [2.05, 4.69) is 20.0 Å². The maximum atomic E-state index is 13.9. The van der Waals surface area contributed by atoms with Crippen LogP contribution in [0.25, 0.3) is 11.2 Å². The predicted molar refractivity (Wildman–Crippen MR) is 152 cm³/mol. The van der Waals surface area contributed by atoms with E-state index in [1.54, 1.807) is 29.3 Å². The number of hydrogen-bond donors (Lipinski definition) is 2. The Morgan fingerprint density at radius 3 is 2.55 bits per heavy atom. The molecule has 220 valence electrons. The highest BCUT2D eigenvalue weighted by atomic mass is 35.5. The average Bonchev–Trinajstić information content (AvgIpc) is 3.53. The number of para-hydroxylation sites is 1. The third-order valence-electron chi connectivity index (χ3n) is 6.12. The minimum absolute atomic E-state index is 0.0116. The molecule has 3 N–H and O–H groups in total. The van der Waals surface area contributed by atoms with Crippen molar-refractivity contribution < 1.29 is 32.1 Å². The van der Waals surface area contributed by atoms with E-state index in [1.165, 1.54) is 11.1 Å². The molecule has 1 saturated heterocycles. The average molecular weight is 618 g/mol. The van der Waals surface area contributed by atoms with Crippen LogP contribution in [-0.4, -0.2) is 74.3 Å². The fraction of sp³-hybridized carbons (Fsp3) is 0.522. The molecule has 1 aliphatic heterocycles. The lowest BCUT2D eigenvalue weighted by atomic mass is 10.3. The third-order valence-corrected chi connectivity index (χ3v) is 9.81. The number of nitrogens with one attached hydrogen (secondary N) is 1. The van der Waals surface area contributed by atoms with Gasteiger partial charge in [-0.3, -0.25) is 0 Å². The van der Waals surface area contributed by atoms with E-state index in [-0.39, 0.29) is 34.4 Å². The fourth-order valence-corrected chi connectivity index (χ4v) is 7.29. The van der Waals surface area contributed by atoms with Gasteiger partial charge in [-0.15, -0.1) is 14.4 Å². The summed E-state index contributed by atoms with van der Waals surface area (Å²) in [6.45, 7) is 12.5. The molecule has 0 saturated carbocycles. The lowest BCUT2D eigenvalue weighted by molar-refractivity contribution is -1.08. The molecule has 0 bridgehead atoms. The molecule has 1 fully saturated rings. The summed E-state index contributed by atoms with van der Waals surface area (Å²) in [4.78, 5) is 18.1. The SMILES string of the molecule is CC[N+](CC)(CC)OP(OCC1CN1On1cnc2c(N)nc(Cl)nc21)OP(=O)(NC(C)C)Oc1ccccc1. The topological polar surface area (TPSA) is 148 Å². The number of halogens is 1. The van der Waals surface area contributed by atoms with E-state index in [0.717, 1.165) is 0 Å². The summed E-state index contributed by atoms with van der Waals surface area (Å²) in [6.07, 6.45) is 1.44. The Labute approximate surface area is 239 Å². The number of benzene rings is 1. The monoisotopic (exact) mass is 617 g/mol. The van der Waals surface area contributed by atoms with E-state index in [9.17, 15) is 4.57 Å². The van der Waals surface area contributed by atoms with E-state index < -0.39 is 16.3 Å². The molecule has 3 heterocycles. The molecular weight excluding hydrogens is 582 g/mol. The van der Waals surface area contributed by atoms with Gasteiger partial charge in [0.05, 0.1) is 19.2 Å². The van der Waals surface area contributed by atoms with E-state index in [1.807, 2.05) is 40.7 Å². The number of hydroxylamine groups is 5. The van der Waals surface area contributed by atoms with Crippen molar-refractivity contribution in [3.05, 3.63) is 41.9 Å². The first-order valence-corrected chi connectivity index (χ1v) is 16.0. The Kier molecular flexibility index (Phi) is 10.2. The van der Waals surface area contributed by atoms with Crippen molar-refractivity contribution in [3.8, 4) is 5.75 Å². The molecular formula is C23H36ClN8O6P2+. The van der Waals surface area contributed by atoms with Crippen LogP contribution in [0.15, 0.2) is 36.7 Å². The number of hydrogen-bond acceptors (Lipinski definition) is 11. The third kappa shape index (κ3) is 7.79. The minimum atomic E-state index is -3.89. The van der Waals surface area contributed by atoms with Crippen molar-refractivity contribution >= 4 is 44.9 Å². The molecule has 1 aromatic carbocycles. The first-order chi connectivity index (χ1) is 19.1. The van der Waals surface area contributed by atoms with Crippen molar-refractivity contribution in [2.24, 2.45) is 0 Å². The van der Waals surface area contributed by atoms with Crippen LogP contribution in [-0.2, 0) is 18.0 Å². The van der Waals surface area contributed by atoms with Crippen LogP contribution in [0.5, 0.6) is 5.75 Å². The number of aromatic nitrogens is 4. The van der Waals surface area contributed by atoms with Gasteiger partial charge in [0.15, 0.2) is 11.3 Å². The smallest absolute Gasteiger partial charge is 0.413 e. The van der Waals surface area contributed by atoms with Crippen LogP contribution >= 0.6 is 27.9 Å². The van der Waals surface area contributed by atoms with Crippen LogP contribution < -0.4 is 20.3 Å². The number of rotatable bonds is 16. The molecule has 4 rings (SSSR count). The zero-order valence-electron chi connectivity index (χ0n) is 23.1. The van der Waals surface area contributed by atoms with Gasteiger partial charge >= 0.3 is 16.3 Å². The Morgan fingerprint density at radius 1 is 1.20 bits per heavy atom. The van der Waals surface area contributed by atoms with Crippen LogP contribution in [0.2, 0.25) is 5.28 Å². The van der Waals surface area contributed by atoms with Crippen LogP contribution in [0.1, 0.15) is 34.6 Å². The normalized spacial score (nSPS) is 19.5. The quantitative estimate of drug-likeness (QED) is 0.0774. The summed E-state index contributed by atoms with van der Waals surface area (Å²) in [6, 6.07) is 8.50. The number of fused-ring (bicyclic) bond motifs is 1. The lowest BCUT2D eigenvalue weighted by Gasteiger charge is -2.34. The summed E-state index contributed by atoms with van der Waals surface area (Å²) in [5.41, 5.74) is 6.59. The molecule has 40 heavy (non-hydrogen) atoms. The standard InChI is InChI=1S/C23H36ClN8O6P2/c1-6-32(7-2,8-3)37-39(38-40(33,29-17(4)5)35-19-12-10-9-11-13-19)34-15-18-14-30(18)36-31-16-26-20-21(25)27-23(24)28-22(20)31/h9-13,16-18H,6-8,14-15H2,1-5H3,(H,29,33)(H2,25,27,28)/q+1. The van der Waals surface area contributed by atoms with Crippen molar-refractivity contribution in [2.75, 3.05) is 38.5 Å². The zero-order chi connectivity index (χ0) is 28.9. The van der Waals surface area contributed by atoms with Gasteiger partial charge in [0.25, 0.3) is 0 Å². The summed E-state index contributed by atoms with van der Waals surface area (Å²) in [5.74, 6) is 0.555. The Bertz CT molecular complexity index is 1310. The number of quaternary nitrogens is 1. The van der Waals surface area contributed by atoms with Crippen LogP contribution in [0, 0.1) is 0 Å². The molecule has 1 aliphatic rings. The second-order valence-corrected chi connectivity index (χ2v) is 12.6. The second kappa shape index (κ2) is 13.2. The molecule has 0 spiro atoms. The largest absolute Gasteiger partial charge is 0.465 e. The van der Waals surface area contributed by atoms with Gasteiger partial charge < -0.3 is 19.7 Å². The molecule has 2 aromatic heterocycles. The summed E-state index contributed by atoms with van der Waals surface area (Å²) in [7, 11) is -6.00. The van der Waals surface area contributed by atoms with Crippen molar-refractivity contribution in [3.63, 3.8) is 0 Å². The van der Waals surface area contributed by atoms with Crippen molar-refractivity contribution in [1.29, 1.82) is 0 Å². The molecule has 14 nitrogen and oxygen atoms in total. The van der Waals surface area contributed by atoms with E-state index in [0.29, 0.717) is 43.1 Å². The van der Waals surface area contributed by atoms with E-state index in [4.69, 9.17) is 40.3 Å². The molecule has 4 atom stereocenters. The van der Waals surface area contributed by atoms with Gasteiger partial charge in [0.1, 0.15) is 31.7 Å². The minimum Gasteiger partial charge on any atom is -0.413 e. The summed E-state index contributed by atoms with van der Waals surface area (Å²) in [5, 5.41) is 4.57. The van der Waals surface area contributed by atoms with Gasteiger partial charge in [-0.2, -0.15) is 14.6 Å². The maximum Gasteiger partial charge on any atom is 0.465 e. The summed E-state index contributed by atoms with van der Waals surface area (Å²) >= 11 is 5.94. The number of imidazole rings is 1. The van der Waals surface area contributed by atoms with Gasteiger partial charge in [0, 0.05) is 6.04 Å². The lowest BCUT2D eigenvalue weighted by Crippen LogP contribution is -2.46. The fourth-order valence-electron chi connectivity index (χ4n) is 3.73. The highest BCUT2D eigenvalue weighted by Gasteiger charge is 2.44. The van der Waals surface area contributed by atoms with Gasteiger partial charge in [-0.1, -0.05) is 18.2 Å². The van der Waals surface area contributed by atoms with Crippen molar-refractivity contribution in [2.45, 2.75) is 46.7 Å². The first-order valence-electron chi connectivity index (χ1n) is 13.0. The number of nitrogens with zero attached hydrogens (tertiary/aromatic N) is 6. The number of nitrogens with two attached hydrogens (primary N) is 1. The highest BCUT2D eigenvalue weighted by molar-refractivity contribution is 7.61. The Balaban J connectivity index is 1.46. The van der Waals surface area contributed by atoms with Crippen LogP contribution in [0.4, 0.5) is 5.82 Å². The summed E-state index contributed by atoms with van der Waals surface area (Å²) < 4.78 is 39.8. The highest BCUT2D eigenvalue weighted by Crippen LogP contribution is 2.59. The van der Waals surface area contributed by atoms with Gasteiger partial charge in [-0.05, 0) is 58.4 Å². The maximum absolute atomic E-state index is 13.9. The molecule has 0 aliphatic carbocycles. The van der Waals surface area contributed by atoms with E-state index >= 15 is 0 Å². The van der Waals surface area contributed by atoms with Crippen LogP contribution in [0.3, 0.4) is 0 Å². The molecule has 0 amide bonds. The number of anilines is 1. The predicted octanol–water partition coefficient (Wildman–Crippen LogP) is 4.34. The Hall–Kier alpha value is -2.12. The van der Waals surface area contributed by atoms with Crippen molar-refractivity contribution in [1.82, 2.24) is 29.8 Å². The molecule has 3 aromatic rings. The first kappa shape index (κ1) is 30.8.